The van der Waals surface area contributed by atoms with E-state index >= 15 is 0 Å². The monoisotopic (exact) mass is 241 g/mol. The molecule has 0 aromatic heterocycles. The summed E-state index contributed by atoms with van der Waals surface area (Å²) in [6.45, 7) is 3.44. The summed E-state index contributed by atoms with van der Waals surface area (Å²) >= 11 is 0. The van der Waals surface area contributed by atoms with E-state index in [1.54, 1.807) is 38.1 Å². The van der Waals surface area contributed by atoms with Crippen molar-refractivity contribution in [2.75, 3.05) is 0 Å². The second-order valence-electron chi connectivity index (χ2n) is 3.20. The van der Waals surface area contributed by atoms with E-state index in [-0.39, 0.29) is 24.3 Å². The number of nitrogen functional groups attached to an aromatic ring is 1. The van der Waals surface area contributed by atoms with Crippen molar-refractivity contribution in [1.29, 1.82) is 10.7 Å². The molecule has 0 fully saturated rings. The summed E-state index contributed by atoms with van der Waals surface area (Å²) in [5, 5.41) is 23.6. The minimum atomic E-state index is -0.167. The van der Waals surface area contributed by atoms with Gasteiger partial charge < -0.3 is 10.8 Å². The quantitative estimate of drug-likeness (QED) is 0.515. The number of aliphatic hydroxyl groups excluding tert-OH is 1. The van der Waals surface area contributed by atoms with Gasteiger partial charge in [-0.2, -0.15) is 5.26 Å². The molecule has 0 radical (unpaired) electrons. The standard InChI is InChI=1S/C8H7N3.C3H8O.ClH/c9-5-6-2-1-3-7(4-6)8(10)11;1-3(2)4;/h1-4H,(H3,10,11);3-4H,1-2H3;1H. The van der Waals surface area contributed by atoms with Crippen molar-refractivity contribution in [3.05, 3.63) is 35.4 Å². The Bertz CT molecular complexity index is 369. The van der Waals surface area contributed by atoms with Crippen molar-refractivity contribution in [2.45, 2.75) is 20.0 Å². The molecule has 1 aromatic rings. The highest BCUT2D eigenvalue weighted by Crippen LogP contribution is 2.02. The van der Waals surface area contributed by atoms with Gasteiger partial charge in [0, 0.05) is 11.7 Å². The Kier molecular flexibility index (Phi) is 9.18. The molecule has 5 heteroatoms. The van der Waals surface area contributed by atoms with E-state index in [0.29, 0.717) is 11.1 Å². The molecule has 0 bridgehead atoms. The highest BCUT2D eigenvalue weighted by Gasteiger charge is 1.95. The highest BCUT2D eigenvalue weighted by atomic mass is 35.5. The maximum atomic E-state index is 8.48. The zero-order chi connectivity index (χ0) is 11.8. The number of benzene rings is 1. The molecule has 0 aliphatic rings. The lowest BCUT2D eigenvalue weighted by molar-refractivity contribution is 0.216. The van der Waals surface area contributed by atoms with E-state index in [2.05, 4.69) is 0 Å². The molecule has 4 N–H and O–H groups in total. The first-order valence-corrected chi connectivity index (χ1v) is 4.50. The number of aliphatic hydroxyl groups is 1. The predicted molar refractivity (Wildman–Crippen MR) is 66.8 cm³/mol. The van der Waals surface area contributed by atoms with E-state index in [1.165, 1.54) is 0 Å². The first-order chi connectivity index (χ1) is 6.97. The molecule has 1 rings (SSSR count). The lowest BCUT2D eigenvalue weighted by atomic mass is 10.1. The zero-order valence-electron chi connectivity index (χ0n) is 9.27. The number of hydrogen-bond acceptors (Lipinski definition) is 3. The van der Waals surface area contributed by atoms with Crippen LogP contribution in [0.2, 0.25) is 0 Å². The van der Waals surface area contributed by atoms with Crippen molar-refractivity contribution in [3.8, 4) is 6.07 Å². The van der Waals surface area contributed by atoms with Crippen LogP contribution in [0, 0.1) is 16.7 Å². The van der Waals surface area contributed by atoms with Gasteiger partial charge in [0.15, 0.2) is 0 Å². The van der Waals surface area contributed by atoms with Gasteiger partial charge in [-0.25, -0.2) is 0 Å². The van der Waals surface area contributed by atoms with Gasteiger partial charge in [0.05, 0.1) is 11.6 Å². The number of nitrogens with one attached hydrogen (secondary N) is 1. The third kappa shape index (κ3) is 7.80. The van der Waals surface area contributed by atoms with Gasteiger partial charge in [-0.15, -0.1) is 12.4 Å². The molecule has 0 spiro atoms. The van der Waals surface area contributed by atoms with Crippen LogP contribution in [-0.2, 0) is 0 Å². The molecule has 0 aliphatic carbocycles. The Balaban J connectivity index is 0. The lowest BCUT2D eigenvalue weighted by Crippen LogP contribution is -2.10. The fourth-order valence-electron chi connectivity index (χ4n) is 0.756. The number of nitrogens with zero attached hydrogens (tertiary/aromatic N) is 1. The van der Waals surface area contributed by atoms with Crippen LogP contribution in [-0.4, -0.2) is 17.0 Å². The Morgan fingerprint density at radius 1 is 1.50 bits per heavy atom. The average Bonchev–Trinajstić information content (AvgIpc) is 2.17. The number of hydrogen-bond donors (Lipinski definition) is 3. The molecule has 0 unspecified atom stereocenters. The molecular weight excluding hydrogens is 226 g/mol. The second kappa shape index (κ2) is 8.72. The number of halogens is 1. The molecule has 0 saturated heterocycles. The van der Waals surface area contributed by atoms with E-state index in [9.17, 15) is 0 Å². The molecule has 88 valence electrons. The third-order valence-electron chi connectivity index (χ3n) is 1.30. The smallest absolute Gasteiger partial charge is 0.122 e. The predicted octanol–water partition coefficient (Wildman–Crippen LogP) is 1.65. The van der Waals surface area contributed by atoms with Crippen LogP contribution < -0.4 is 5.73 Å². The Morgan fingerprint density at radius 2 is 2.00 bits per heavy atom. The third-order valence-corrected chi connectivity index (χ3v) is 1.30. The molecule has 0 heterocycles. The van der Waals surface area contributed by atoms with Gasteiger partial charge in [-0.05, 0) is 26.0 Å². The van der Waals surface area contributed by atoms with Crippen LogP contribution in [0.5, 0.6) is 0 Å². The second-order valence-corrected chi connectivity index (χ2v) is 3.20. The number of nitrogens with two attached hydrogens (primary N) is 1. The normalized spacial score (nSPS) is 8.19. The minimum Gasteiger partial charge on any atom is -0.394 e. The molecule has 16 heavy (non-hydrogen) atoms. The molecule has 0 saturated carbocycles. The van der Waals surface area contributed by atoms with Gasteiger partial charge in [-0.3, -0.25) is 5.41 Å². The summed E-state index contributed by atoms with van der Waals surface area (Å²) in [4.78, 5) is 0. The van der Waals surface area contributed by atoms with Crippen molar-refractivity contribution < 1.29 is 5.11 Å². The molecule has 0 aliphatic heterocycles. The summed E-state index contributed by atoms with van der Waals surface area (Å²) in [5.41, 5.74) is 6.32. The number of amidine groups is 1. The van der Waals surface area contributed by atoms with E-state index in [0.717, 1.165) is 0 Å². The van der Waals surface area contributed by atoms with E-state index in [4.69, 9.17) is 21.5 Å². The van der Waals surface area contributed by atoms with E-state index < -0.39 is 0 Å². The lowest BCUT2D eigenvalue weighted by Gasteiger charge is -1.95. The fourth-order valence-corrected chi connectivity index (χ4v) is 0.756. The average molecular weight is 242 g/mol. The van der Waals surface area contributed by atoms with Gasteiger partial charge in [0.2, 0.25) is 0 Å². The van der Waals surface area contributed by atoms with Gasteiger partial charge in [-0.1, -0.05) is 12.1 Å². The van der Waals surface area contributed by atoms with Crippen LogP contribution >= 0.6 is 12.4 Å². The van der Waals surface area contributed by atoms with Crippen LogP contribution in [0.4, 0.5) is 0 Å². The topological polar surface area (TPSA) is 93.9 Å². The Morgan fingerprint density at radius 3 is 2.38 bits per heavy atom. The van der Waals surface area contributed by atoms with Gasteiger partial charge in [0.25, 0.3) is 0 Å². The highest BCUT2D eigenvalue weighted by molar-refractivity contribution is 5.95. The minimum absolute atomic E-state index is 0. The van der Waals surface area contributed by atoms with Crippen molar-refractivity contribution in [1.82, 2.24) is 0 Å². The van der Waals surface area contributed by atoms with Crippen molar-refractivity contribution >= 4 is 18.2 Å². The van der Waals surface area contributed by atoms with Gasteiger partial charge >= 0.3 is 0 Å². The number of nitriles is 1. The molecule has 4 nitrogen and oxygen atoms in total. The van der Waals surface area contributed by atoms with Crippen LogP contribution in [0.15, 0.2) is 24.3 Å². The summed E-state index contributed by atoms with van der Waals surface area (Å²) in [5.74, 6) is -0.0119. The maximum Gasteiger partial charge on any atom is 0.122 e. The summed E-state index contributed by atoms with van der Waals surface area (Å²) in [7, 11) is 0. The summed E-state index contributed by atoms with van der Waals surface area (Å²) in [6, 6.07) is 8.63. The molecule has 1 aromatic carbocycles. The van der Waals surface area contributed by atoms with Crippen molar-refractivity contribution in [2.24, 2.45) is 5.73 Å². The molecule has 0 atom stereocenters. The van der Waals surface area contributed by atoms with Crippen LogP contribution in [0.3, 0.4) is 0 Å². The Labute approximate surface area is 102 Å². The van der Waals surface area contributed by atoms with E-state index in [1.807, 2.05) is 6.07 Å². The molecular formula is C11H16ClN3O. The Hall–Kier alpha value is -1.57. The first kappa shape index (κ1) is 16.8. The fraction of sp³-hybridized carbons (Fsp3) is 0.273. The summed E-state index contributed by atoms with van der Waals surface area (Å²) in [6.07, 6.45) is -0.167. The van der Waals surface area contributed by atoms with Gasteiger partial charge in [0.1, 0.15) is 5.84 Å². The largest absolute Gasteiger partial charge is 0.394 e. The maximum absolute atomic E-state index is 8.48. The molecule has 0 amide bonds. The first-order valence-electron chi connectivity index (χ1n) is 4.50. The summed E-state index contributed by atoms with van der Waals surface area (Å²) < 4.78 is 0. The van der Waals surface area contributed by atoms with Crippen molar-refractivity contribution in [3.63, 3.8) is 0 Å². The SMILES string of the molecule is CC(C)O.Cl.N#Cc1cccc(C(=N)N)c1. The van der Waals surface area contributed by atoms with Crippen LogP contribution in [0.1, 0.15) is 25.0 Å². The van der Waals surface area contributed by atoms with Crippen LogP contribution in [0.25, 0.3) is 0 Å². The zero-order valence-corrected chi connectivity index (χ0v) is 10.1. The number of rotatable bonds is 1.